The molecule has 21 heavy (non-hydrogen) atoms. The number of nitrogens with one attached hydrogen (secondary N) is 1. The van der Waals surface area contributed by atoms with Gasteiger partial charge in [-0.05, 0) is 6.92 Å². The van der Waals surface area contributed by atoms with Crippen LogP contribution >= 0.6 is 7.82 Å². The van der Waals surface area contributed by atoms with Crippen molar-refractivity contribution >= 4 is 15.4 Å². The van der Waals surface area contributed by atoms with Gasteiger partial charge in [0.15, 0.2) is 6.23 Å². The summed E-state index contributed by atoms with van der Waals surface area (Å²) in [5.41, 5.74) is -1.31. The summed E-state index contributed by atoms with van der Waals surface area (Å²) in [7, 11) is 1.88. The molecule has 1 aromatic rings. The standard InChI is InChI=1S/C10H15BN2O7P/c1-6-4-18-21(11,17)19-5-7(14)9(20-6)13-3-2-8(15)12-10(13)16/h2-3,6-7,9,14,17H,4-5H2,1H3,(H,12,15,16)/q+1/t6-,7-,9+,21?/m0/s1. The number of rotatable bonds is 1. The number of aromatic nitrogens is 2. The second-order valence-corrected chi connectivity index (χ2v) is 6.22. The fourth-order valence-electron chi connectivity index (χ4n) is 1.76. The van der Waals surface area contributed by atoms with Crippen LogP contribution in [0.2, 0.25) is 0 Å². The smallest absolute Gasteiger partial charge is 0.386 e. The van der Waals surface area contributed by atoms with Crippen LogP contribution in [0.25, 0.3) is 0 Å². The Bertz CT molecular complexity index is 604. The number of H-pyrrole nitrogens is 1. The zero-order valence-corrected chi connectivity index (χ0v) is 12.1. The van der Waals surface area contributed by atoms with E-state index in [1.807, 2.05) is 0 Å². The summed E-state index contributed by atoms with van der Waals surface area (Å²) in [6.07, 6.45) is -1.80. The van der Waals surface area contributed by atoms with Crippen molar-refractivity contribution in [2.24, 2.45) is 0 Å². The molecule has 1 unspecified atom stereocenters. The molecule has 1 fully saturated rings. The van der Waals surface area contributed by atoms with E-state index in [0.717, 1.165) is 10.6 Å². The van der Waals surface area contributed by atoms with Crippen LogP contribution in [0.3, 0.4) is 0 Å². The summed E-state index contributed by atoms with van der Waals surface area (Å²) >= 11 is 0. The van der Waals surface area contributed by atoms with Gasteiger partial charge in [-0.3, -0.25) is 14.3 Å². The average molecular weight is 317 g/mol. The average Bonchev–Trinajstić information content (AvgIpc) is 2.44. The number of aliphatic hydroxyl groups is 1. The molecule has 9 nitrogen and oxygen atoms in total. The molecule has 1 saturated heterocycles. The van der Waals surface area contributed by atoms with Gasteiger partial charge in [0, 0.05) is 12.3 Å². The fraction of sp³-hybridized carbons (Fsp3) is 0.600. The lowest BCUT2D eigenvalue weighted by atomic mass is 10.3. The number of ether oxygens (including phenoxy) is 1. The van der Waals surface area contributed by atoms with E-state index in [2.05, 4.69) is 4.98 Å². The molecule has 0 spiro atoms. The van der Waals surface area contributed by atoms with Gasteiger partial charge in [0.1, 0.15) is 19.3 Å². The van der Waals surface area contributed by atoms with Crippen molar-refractivity contribution in [1.82, 2.24) is 9.55 Å². The maximum Gasteiger partial charge on any atom is 0.488 e. The lowest BCUT2D eigenvalue weighted by Crippen LogP contribution is -2.40. The summed E-state index contributed by atoms with van der Waals surface area (Å²) in [5.74, 6) is 0. The van der Waals surface area contributed by atoms with Crippen LogP contribution in [0.1, 0.15) is 13.2 Å². The molecule has 2 radical (unpaired) electrons. The molecule has 0 amide bonds. The Balaban J connectivity index is 2.31. The van der Waals surface area contributed by atoms with E-state index in [9.17, 15) is 19.6 Å². The molecule has 4 atom stereocenters. The Morgan fingerprint density at radius 1 is 1.43 bits per heavy atom. The molecule has 3 N–H and O–H groups in total. The Morgan fingerprint density at radius 3 is 2.76 bits per heavy atom. The van der Waals surface area contributed by atoms with Crippen molar-refractivity contribution < 1.29 is 23.8 Å². The Labute approximate surface area is 121 Å². The molecular weight excluding hydrogens is 302 g/mol. The third-order valence-electron chi connectivity index (χ3n) is 2.75. The minimum Gasteiger partial charge on any atom is -0.386 e. The second-order valence-electron chi connectivity index (χ2n) is 4.58. The minimum absolute atomic E-state index is 0.0812. The summed E-state index contributed by atoms with van der Waals surface area (Å²) < 4.78 is 16.5. The van der Waals surface area contributed by atoms with E-state index in [-0.39, 0.29) is 6.61 Å². The first-order chi connectivity index (χ1) is 9.78. The van der Waals surface area contributed by atoms with Crippen LogP contribution in [0, 0.1) is 0 Å². The van der Waals surface area contributed by atoms with Crippen LogP contribution in [0.4, 0.5) is 0 Å². The van der Waals surface area contributed by atoms with Gasteiger partial charge in [0.05, 0.1) is 6.10 Å². The SMILES string of the molecule is [B][P+]1(O)OC[C@H](C)O[C@@H](n2ccc(=O)[nH]c2=O)[C@@H](O)CO1. The third kappa shape index (κ3) is 4.22. The van der Waals surface area contributed by atoms with Gasteiger partial charge in [-0.25, -0.2) is 9.69 Å². The van der Waals surface area contributed by atoms with Crippen LogP contribution in [-0.4, -0.2) is 52.5 Å². The van der Waals surface area contributed by atoms with E-state index < -0.39 is 44.1 Å². The van der Waals surface area contributed by atoms with Gasteiger partial charge < -0.3 is 9.84 Å². The highest BCUT2D eigenvalue weighted by molar-refractivity contribution is 7.85. The summed E-state index contributed by atoms with van der Waals surface area (Å²) in [6, 6.07) is 1.12. The molecule has 0 aliphatic carbocycles. The summed E-state index contributed by atoms with van der Waals surface area (Å²) in [6.45, 7) is 1.13. The summed E-state index contributed by atoms with van der Waals surface area (Å²) in [4.78, 5) is 34.6. The predicted molar refractivity (Wildman–Crippen MR) is 73.7 cm³/mol. The molecule has 1 aliphatic rings. The number of aromatic amines is 1. The van der Waals surface area contributed by atoms with E-state index in [0.29, 0.717) is 0 Å². The van der Waals surface area contributed by atoms with Crippen molar-refractivity contribution in [3.05, 3.63) is 33.1 Å². The molecular formula is C10H15BN2O7P+. The molecule has 1 aliphatic heterocycles. The zero-order valence-electron chi connectivity index (χ0n) is 11.2. The van der Waals surface area contributed by atoms with Crippen molar-refractivity contribution in [2.45, 2.75) is 25.4 Å². The van der Waals surface area contributed by atoms with Crippen molar-refractivity contribution in [2.75, 3.05) is 13.2 Å². The van der Waals surface area contributed by atoms with E-state index in [1.165, 1.54) is 6.20 Å². The number of hydrogen-bond donors (Lipinski definition) is 3. The van der Waals surface area contributed by atoms with Crippen LogP contribution in [-0.2, 0) is 13.8 Å². The maximum atomic E-state index is 11.8. The molecule has 2 rings (SSSR count). The maximum absolute atomic E-state index is 11.8. The molecule has 0 aromatic carbocycles. The monoisotopic (exact) mass is 317 g/mol. The van der Waals surface area contributed by atoms with Gasteiger partial charge in [0.2, 0.25) is 0 Å². The normalized spacial score (nSPS) is 34.7. The van der Waals surface area contributed by atoms with Crippen LogP contribution < -0.4 is 11.2 Å². The van der Waals surface area contributed by atoms with E-state index in [4.69, 9.17) is 21.4 Å². The topological polar surface area (TPSA) is 123 Å². The summed E-state index contributed by atoms with van der Waals surface area (Å²) in [5, 5.41) is 10.1. The highest BCUT2D eigenvalue weighted by Crippen LogP contribution is 2.52. The largest absolute Gasteiger partial charge is 0.488 e. The third-order valence-corrected chi connectivity index (χ3v) is 3.79. The quantitative estimate of drug-likeness (QED) is 0.434. The Kier molecular flexibility index (Phi) is 4.97. The van der Waals surface area contributed by atoms with Gasteiger partial charge in [0.25, 0.3) is 5.56 Å². The second kappa shape index (κ2) is 6.39. The Morgan fingerprint density at radius 2 is 2.10 bits per heavy atom. The van der Waals surface area contributed by atoms with Gasteiger partial charge in [-0.2, -0.15) is 9.05 Å². The molecule has 114 valence electrons. The molecule has 1 aromatic heterocycles. The van der Waals surface area contributed by atoms with Crippen molar-refractivity contribution in [3.8, 4) is 0 Å². The first-order valence-electron chi connectivity index (χ1n) is 6.13. The van der Waals surface area contributed by atoms with Gasteiger partial charge >= 0.3 is 21.1 Å². The number of hydrogen-bond acceptors (Lipinski definition) is 7. The van der Waals surface area contributed by atoms with Crippen LogP contribution in [0.15, 0.2) is 21.9 Å². The van der Waals surface area contributed by atoms with Crippen molar-refractivity contribution in [3.63, 3.8) is 0 Å². The molecule has 11 heteroatoms. The highest BCUT2D eigenvalue weighted by atomic mass is 31.2. The minimum atomic E-state index is -3.53. The first-order valence-corrected chi connectivity index (χ1v) is 7.77. The van der Waals surface area contributed by atoms with Crippen LogP contribution in [0.5, 0.6) is 0 Å². The lowest BCUT2D eigenvalue weighted by Gasteiger charge is -2.25. The predicted octanol–water partition coefficient (Wildman–Crippen LogP) is -1.31. The van der Waals surface area contributed by atoms with E-state index in [1.54, 1.807) is 6.92 Å². The molecule has 0 saturated carbocycles. The fourth-order valence-corrected chi connectivity index (χ4v) is 2.63. The zero-order chi connectivity index (χ0) is 15.6. The van der Waals surface area contributed by atoms with Crippen molar-refractivity contribution in [1.29, 1.82) is 0 Å². The lowest BCUT2D eigenvalue weighted by molar-refractivity contribution is -0.124. The number of nitrogens with zero attached hydrogens (tertiary/aromatic N) is 1. The first kappa shape index (κ1) is 16.3. The molecule has 2 heterocycles. The molecule has 0 bridgehead atoms. The highest BCUT2D eigenvalue weighted by Gasteiger charge is 2.39. The van der Waals surface area contributed by atoms with Gasteiger partial charge in [-0.1, -0.05) is 0 Å². The van der Waals surface area contributed by atoms with E-state index >= 15 is 0 Å². The Hall–Kier alpha value is -1.03. The number of aliphatic hydroxyl groups excluding tert-OH is 1. The van der Waals surface area contributed by atoms with Gasteiger partial charge in [-0.15, -0.1) is 0 Å².